The highest BCUT2D eigenvalue weighted by atomic mass is 15.3. The summed E-state index contributed by atoms with van der Waals surface area (Å²) in [5, 5.41) is 3.66. The summed E-state index contributed by atoms with van der Waals surface area (Å²) in [5.41, 5.74) is 23.8. The molecule has 45 heavy (non-hydrogen) atoms. The van der Waals surface area contributed by atoms with Crippen LogP contribution in [-0.4, -0.2) is 24.3 Å². The minimum atomic E-state index is 0.125. The van der Waals surface area contributed by atoms with E-state index in [1.54, 1.807) is 0 Å². The molecule has 1 heterocycles. The van der Waals surface area contributed by atoms with Crippen LogP contribution in [0.2, 0.25) is 0 Å². The predicted octanol–water partition coefficient (Wildman–Crippen LogP) is 8.10. The normalized spacial score (nSPS) is 15.4. The third-order valence-electron chi connectivity index (χ3n) is 8.33. The van der Waals surface area contributed by atoms with Crippen LogP contribution in [0.5, 0.6) is 0 Å². The predicted molar refractivity (Wildman–Crippen MR) is 190 cm³/mol. The molecule has 0 saturated heterocycles. The van der Waals surface area contributed by atoms with E-state index < -0.39 is 0 Å². The van der Waals surface area contributed by atoms with E-state index in [-0.39, 0.29) is 6.17 Å². The largest absolute Gasteiger partial charge is 0.398 e. The fourth-order valence-electron chi connectivity index (χ4n) is 5.74. The molecule has 0 bridgehead atoms. The van der Waals surface area contributed by atoms with Gasteiger partial charge in [0.1, 0.15) is 0 Å². The first kappa shape index (κ1) is 29.9. The maximum Gasteiger partial charge on any atom is 0.0999 e. The average Bonchev–Trinajstić information content (AvgIpc) is 3.56. The fourth-order valence-corrected chi connectivity index (χ4v) is 5.74. The number of nitrogens with one attached hydrogen (secondary N) is 1. The molecule has 224 valence electrons. The highest BCUT2D eigenvalue weighted by molar-refractivity contribution is 5.83. The van der Waals surface area contributed by atoms with Crippen molar-refractivity contribution in [2.45, 2.75) is 19.0 Å². The van der Waals surface area contributed by atoms with Gasteiger partial charge in [-0.2, -0.15) is 0 Å². The maximum atomic E-state index is 6.56. The second-order valence-corrected chi connectivity index (χ2v) is 11.4. The molecule has 0 spiro atoms. The van der Waals surface area contributed by atoms with Gasteiger partial charge in [0.15, 0.2) is 0 Å². The van der Waals surface area contributed by atoms with Crippen molar-refractivity contribution in [3.8, 4) is 11.1 Å². The third kappa shape index (κ3) is 7.68. The summed E-state index contributed by atoms with van der Waals surface area (Å²) in [6, 6.07) is 46.9. The molecule has 0 radical (unpaired) electrons. The highest BCUT2D eigenvalue weighted by Gasteiger charge is 2.18. The number of benzene rings is 5. The highest BCUT2D eigenvalue weighted by Crippen LogP contribution is 2.27. The summed E-state index contributed by atoms with van der Waals surface area (Å²) in [6.07, 6.45) is 10.5. The number of rotatable bonds is 11. The topological polar surface area (TPSA) is 67.3 Å². The van der Waals surface area contributed by atoms with Gasteiger partial charge in [-0.05, 0) is 69.5 Å². The molecular formula is C41H40N4. The molecule has 6 rings (SSSR count). The summed E-state index contributed by atoms with van der Waals surface area (Å²) < 4.78 is 0. The van der Waals surface area contributed by atoms with Gasteiger partial charge < -0.3 is 16.8 Å². The van der Waals surface area contributed by atoms with E-state index in [4.69, 9.17) is 11.5 Å². The molecule has 0 fully saturated rings. The second kappa shape index (κ2) is 14.5. The Bertz CT molecular complexity index is 1770. The van der Waals surface area contributed by atoms with E-state index in [0.717, 1.165) is 47.5 Å². The average molecular weight is 589 g/mol. The van der Waals surface area contributed by atoms with Crippen molar-refractivity contribution in [1.82, 2.24) is 4.90 Å². The van der Waals surface area contributed by atoms with Gasteiger partial charge in [0, 0.05) is 24.6 Å². The quantitative estimate of drug-likeness (QED) is 0.108. The number of para-hydroxylation sites is 1. The molecule has 5 aromatic carbocycles. The van der Waals surface area contributed by atoms with E-state index in [1.165, 1.54) is 27.8 Å². The molecule has 1 atom stereocenters. The van der Waals surface area contributed by atoms with Crippen molar-refractivity contribution in [2.24, 2.45) is 11.5 Å². The first-order valence-corrected chi connectivity index (χ1v) is 15.6. The van der Waals surface area contributed by atoms with Crippen LogP contribution < -0.4 is 16.8 Å². The van der Waals surface area contributed by atoms with E-state index in [9.17, 15) is 0 Å². The lowest BCUT2D eigenvalue weighted by Crippen LogP contribution is -2.39. The summed E-state index contributed by atoms with van der Waals surface area (Å²) in [7, 11) is 0. The molecule has 0 saturated carbocycles. The van der Waals surface area contributed by atoms with Gasteiger partial charge in [0.05, 0.1) is 6.17 Å². The summed E-state index contributed by atoms with van der Waals surface area (Å²) in [4.78, 5) is 2.20. The molecule has 0 aliphatic carbocycles. The van der Waals surface area contributed by atoms with E-state index >= 15 is 0 Å². The maximum absolute atomic E-state index is 6.56. The SMILES string of the molecule is NCN1CC=CC1Nc1ccccc1Cc1ccc(-c2ccc(C(/C=C(\N)c3ccccc3)=C/Cc3ccccc3)cc2)cc1. The molecule has 1 aliphatic heterocycles. The van der Waals surface area contributed by atoms with Crippen LogP contribution in [0.15, 0.2) is 158 Å². The summed E-state index contributed by atoms with van der Waals surface area (Å²) >= 11 is 0. The van der Waals surface area contributed by atoms with Gasteiger partial charge in [-0.3, -0.25) is 4.90 Å². The Kier molecular flexibility index (Phi) is 9.66. The molecule has 0 aromatic heterocycles. The summed E-state index contributed by atoms with van der Waals surface area (Å²) in [6.45, 7) is 1.40. The Hall–Kier alpha value is -5.16. The molecule has 4 nitrogen and oxygen atoms in total. The molecule has 1 unspecified atom stereocenters. The molecule has 0 amide bonds. The lowest BCUT2D eigenvalue weighted by atomic mass is 9.96. The Balaban J connectivity index is 1.19. The Morgan fingerprint density at radius 3 is 2.07 bits per heavy atom. The zero-order chi connectivity index (χ0) is 30.8. The number of nitrogens with zero attached hydrogens (tertiary/aromatic N) is 1. The van der Waals surface area contributed by atoms with Gasteiger partial charge in [0.2, 0.25) is 0 Å². The number of anilines is 1. The van der Waals surface area contributed by atoms with Crippen LogP contribution in [-0.2, 0) is 12.8 Å². The van der Waals surface area contributed by atoms with Crippen molar-refractivity contribution >= 4 is 17.0 Å². The van der Waals surface area contributed by atoms with Crippen molar-refractivity contribution < 1.29 is 0 Å². The van der Waals surface area contributed by atoms with Gasteiger partial charge in [-0.1, -0.05) is 146 Å². The van der Waals surface area contributed by atoms with Gasteiger partial charge in [-0.15, -0.1) is 0 Å². The molecule has 1 aliphatic rings. The van der Waals surface area contributed by atoms with Gasteiger partial charge in [0.25, 0.3) is 0 Å². The van der Waals surface area contributed by atoms with Crippen LogP contribution in [0.25, 0.3) is 22.4 Å². The zero-order valence-electron chi connectivity index (χ0n) is 25.5. The summed E-state index contributed by atoms with van der Waals surface area (Å²) in [5.74, 6) is 0. The standard InChI is InChI=1S/C41H40N4/c42-30-45-27-9-16-41(45)44-40-15-8-7-14-38(40)28-32-18-20-33(21-19-32)34-23-25-35(26-24-34)37(22-17-31-10-3-1-4-11-31)29-39(43)36-12-5-2-6-13-36/h1-16,18-26,29,41,44H,17,27-28,30,42-43H2/b37-22+,39-29-. The smallest absolute Gasteiger partial charge is 0.0999 e. The van der Waals surface area contributed by atoms with Gasteiger partial charge >= 0.3 is 0 Å². The van der Waals surface area contributed by atoms with E-state index in [0.29, 0.717) is 6.67 Å². The van der Waals surface area contributed by atoms with Crippen molar-refractivity contribution in [3.63, 3.8) is 0 Å². The minimum Gasteiger partial charge on any atom is -0.398 e. The van der Waals surface area contributed by atoms with E-state index in [1.807, 2.05) is 36.4 Å². The Morgan fingerprint density at radius 2 is 1.36 bits per heavy atom. The van der Waals surface area contributed by atoms with Crippen LogP contribution in [0.4, 0.5) is 5.69 Å². The lowest BCUT2D eigenvalue weighted by Gasteiger charge is -2.25. The van der Waals surface area contributed by atoms with Gasteiger partial charge in [-0.25, -0.2) is 0 Å². The Labute approximate surface area is 267 Å². The number of hydrogen-bond acceptors (Lipinski definition) is 4. The molecule has 5 aromatic rings. The van der Waals surface area contributed by atoms with Crippen molar-refractivity contribution in [2.75, 3.05) is 18.5 Å². The zero-order valence-corrected chi connectivity index (χ0v) is 25.5. The van der Waals surface area contributed by atoms with E-state index in [2.05, 4.69) is 132 Å². The number of hydrogen-bond donors (Lipinski definition) is 3. The van der Waals surface area contributed by atoms with Crippen LogP contribution in [0.3, 0.4) is 0 Å². The Morgan fingerprint density at radius 1 is 0.711 bits per heavy atom. The molecule has 4 heteroatoms. The molecular weight excluding hydrogens is 548 g/mol. The van der Waals surface area contributed by atoms with Crippen LogP contribution in [0.1, 0.15) is 27.8 Å². The van der Waals surface area contributed by atoms with Crippen LogP contribution in [0, 0.1) is 0 Å². The second-order valence-electron chi connectivity index (χ2n) is 11.4. The monoisotopic (exact) mass is 588 g/mol. The minimum absolute atomic E-state index is 0.125. The lowest BCUT2D eigenvalue weighted by molar-refractivity contribution is 0.301. The van der Waals surface area contributed by atoms with Crippen LogP contribution >= 0.6 is 0 Å². The molecule has 5 N–H and O–H groups in total. The fraction of sp³-hybridized carbons (Fsp3) is 0.122. The third-order valence-corrected chi connectivity index (χ3v) is 8.33. The first-order chi connectivity index (χ1) is 22.2. The number of nitrogens with two attached hydrogens (primary N) is 2. The van der Waals surface area contributed by atoms with Crippen molar-refractivity contribution in [3.05, 3.63) is 186 Å². The van der Waals surface area contributed by atoms with Crippen molar-refractivity contribution in [1.29, 1.82) is 0 Å². The number of allylic oxidation sites excluding steroid dienone is 3. The first-order valence-electron chi connectivity index (χ1n) is 15.6.